The van der Waals surface area contributed by atoms with Gasteiger partial charge in [0.15, 0.2) is 0 Å². The number of carbonyl (C=O) groups is 2. The van der Waals surface area contributed by atoms with Gasteiger partial charge in [0.05, 0.1) is 29.8 Å². The van der Waals surface area contributed by atoms with Gasteiger partial charge in [-0.05, 0) is 29.8 Å². The molecule has 0 spiro atoms. The molecular formula is C19H18N2O4. The van der Waals surface area contributed by atoms with Crippen LogP contribution in [0.5, 0.6) is 0 Å². The van der Waals surface area contributed by atoms with E-state index in [-0.39, 0.29) is 18.9 Å². The number of rotatable bonds is 7. The van der Waals surface area contributed by atoms with Crippen molar-refractivity contribution in [1.29, 1.82) is 5.26 Å². The van der Waals surface area contributed by atoms with Crippen LogP contribution in [0.3, 0.4) is 0 Å². The number of nitriles is 1. The highest BCUT2D eigenvalue weighted by Gasteiger charge is 2.10. The summed E-state index contributed by atoms with van der Waals surface area (Å²) in [6.07, 6.45) is 0.00324. The molecule has 2 aromatic carbocycles. The maximum Gasteiger partial charge on any atom is 0.338 e. The number of nitrogens with zero attached hydrogens (tertiary/aromatic N) is 1. The normalized spacial score (nSPS) is 9.92. The van der Waals surface area contributed by atoms with Crippen molar-refractivity contribution in [2.45, 2.75) is 13.0 Å². The molecule has 0 radical (unpaired) electrons. The van der Waals surface area contributed by atoms with Crippen LogP contribution in [0.1, 0.15) is 27.9 Å². The van der Waals surface area contributed by atoms with Crippen molar-refractivity contribution in [2.75, 3.05) is 19.0 Å². The number of esters is 1. The van der Waals surface area contributed by atoms with Gasteiger partial charge in [-0.15, -0.1) is 0 Å². The number of amides is 1. The minimum atomic E-state index is -0.497. The highest BCUT2D eigenvalue weighted by molar-refractivity contribution is 5.93. The maximum atomic E-state index is 12.0. The number of carbonyl (C=O) groups excluding carboxylic acids is 2. The zero-order valence-corrected chi connectivity index (χ0v) is 13.8. The monoisotopic (exact) mass is 338 g/mol. The highest BCUT2D eigenvalue weighted by Crippen LogP contribution is 2.14. The lowest BCUT2D eigenvalue weighted by atomic mass is 10.1. The molecule has 6 nitrogen and oxygen atoms in total. The molecule has 0 aliphatic rings. The number of hydrogen-bond acceptors (Lipinski definition) is 5. The van der Waals surface area contributed by atoms with E-state index in [2.05, 4.69) is 5.32 Å². The van der Waals surface area contributed by atoms with Gasteiger partial charge in [-0.1, -0.05) is 24.3 Å². The summed E-state index contributed by atoms with van der Waals surface area (Å²) in [5.41, 5.74) is 2.09. The fraction of sp³-hybridized carbons (Fsp3) is 0.211. The zero-order valence-electron chi connectivity index (χ0n) is 13.8. The summed E-state index contributed by atoms with van der Waals surface area (Å²) in [4.78, 5) is 23.9. The summed E-state index contributed by atoms with van der Waals surface area (Å²) in [5.74, 6) is -0.827. The largest absolute Gasteiger partial charge is 0.462 e. The van der Waals surface area contributed by atoms with E-state index in [9.17, 15) is 9.59 Å². The molecule has 0 aromatic heterocycles. The Morgan fingerprint density at radius 2 is 1.96 bits per heavy atom. The Morgan fingerprint density at radius 1 is 1.16 bits per heavy atom. The van der Waals surface area contributed by atoms with Crippen LogP contribution in [0.4, 0.5) is 5.69 Å². The summed E-state index contributed by atoms with van der Waals surface area (Å²) < 4.78 is 10.1. The van der Waals surface area contributed by atoms with Gasteiger partial charge in [-0.3, -0.25) is 4.79 Å². The summed E-state index contributed by atoms with van der Waals surface area (Å²) in [7, 11) is 1.58. The zero-order chi connectivity index (χ0) is 18.1. The van der Waals surface area contributed by atoms with Crippen LogP contribution in [-0.2, 0) is 20.9 Å². The fourth-order valence-electron chi connectivity index (χ4n) is 2.18. The predicted molar refractivity (Wildman–Crippen MR) is 91.8 cm³/mol. The second kappa shape index (κ2) is 9.21. The maximum absolute atomic E-state index is 12.0. The molecule has 2 rings (SSSR count). The summed E-state index contributed by atoms with van der Waals surface area (Å²) >= 11 is 0. The lowest BCUT2D eigenvalue weighted by Crippen LogP contribution is -2.16. The van der Waals surface area contributed by atoms with E-state index in [4.69, 9.17) is 14.7 Å². The fourth-order valence-corrected chi connectivity index (χ4v) is 2.18. The molecule has 6 heteroatoms. The van der Waals surface area contributed by atoms with E-state index in [1.807, 2.05) is 12.1 Å². The molecule has 128 valence electrons. The van der Waals surface area contributed by atoms with E-state index in [0.717, 1.165) is 5.56 Å². The van der Waals surface area contributed by atoms with Crippen LogP contribution in [-0.4, -0.2) is 25.6 Å². The Morgan fingerprint density at radius 3 is 2.72 bits per heavy atom. The van der Waals surface area contributed by atoms with Gasteiger partial charge in [0.2, 0.25) is 5.91 Å². The third kappa shape index (κ3) is 5.44. The Bertz CT molecular complexity index is 796. The van der Waals surface area contributed by atoms with Crippen molar-refractivity contribution in [3.8, 4) is 6.07 Å². The molecule has 0 saturated carbocycles. The molecule has 1 N–H and O–H groups in total. The quantitative estimate of drug-likeness (QED) is 0.784. The van der Waals surface area contributed by atoms with Gasteiger partial charge in [0.1, 0.15) is 12.7 Å². The van der Waals surface area contributed by atoms with Gasteiger partial charge < -0.3 is 14.8 Å². The van der Waals surface area contributed by atoms with E-state index in [0.29, 0.717) is 23.4 Å². The first-order valence-electron chi connectivity index (χ1n) is 7.68. The third-order valence-corrected chi connectivity index (χ3v) is 3.36. The number of ether oxygens (including phenoxy) is 2. The molecule has 0 heterocycles. The van der Waals surface area contributed by atoms with Gasteiger partial charge in [0, 0.05) is 7.11 Å². The lowest BCUT2D eigenvalue weighted by Gasteiger charge is -2.08. The van der Waals surface area contributed by atoms with Crippen LogP contribution in [0.25, 0.3) is 0 Å². The van der Waals surface area contributed by atoms with Crippen molar-refractivity contribution < 1.29 is 19.1 Å². The summed E-state index contributed by atoms with van der Waals surface area (Å²) in [5, 5.41) is 11.6. The smallest absolute Gasteiger partial charge is 0.338 e. The van der Waals surface area contributed by atoms with E-state index in [1.165, 1.54) is 0 Å². The van der Waals surface area contributed by atoms with Crippen molar-refractivity contribution in [1.82, 2.24) is 0 Å². The number of nitrogens with one attached hydrogen (secondary N) is 1. The van der Waals surface area contributed by atoms with E-state index >= 15 is 0 Å². The number of para-hydroxylation sites is 1. The lowest BCUT2D eigenvalue weighted by molar-refractivity contribution is -0.116. The first-order chi connectivity index (χ1) is 12.1. The van der Waals surface area contributed by atoms with Crippen LogP contribution in [0, 0.1) is 11.3 Å². The van der Waals surface area contributed by atoms with Crippen molar-refractivity contribution in [3.05, 3.63) is 65.2 Å². The average Bonchev–Trinajstić information content (AvgIpc) is 2.62. The minimum Gasteiger partial charge on any atom is -0.462 e. The summed E-state index contributed by atoms with van der Waals surface area (Å²) in [6, 6.07) is 15.6. The van der Waals surface area contributed by atoms with Gasteiger partial charge in [-0.2, -0.15) is 5.26 Å². The molecule has 1 amide bonds. The van der Waals surface area contributed by atoms with E-state index in [1.54, 1.807) is 49.6 Å². The van der Waals surface area contributed by atoms with Crippen LogP contribution in [0.15, 0.2) is 48.5 Å². The Hall–Kier alpha value is -3.17. The van der Waals surface area contributed by atoms with Gasteiger partial charge in [-0.25, -0.2) is 4.79 Å². The molecule has 0 aliphatic heterocycles. The number of anilines is 1. The SMILES string of the molecule is COCc1cccc(C(=O)OCCC(=O)Nc2ccccc2C#N)c1. The Balaban J connectivity index is 1.84. The number of methoxy groups -OCH3 is 1. The minimum absolute atomic E-state index is 0.00324. The summed E-state index contributed by atoms with van der Waals surface area (Å²) in [6.45, 7) is 0.357. The molecule has 0 unspecified atom stereocenters. The molecule has 0 atom stereocenters. The Kier molecular flexibility index (Phi) is 6.69. The van der Waals surface area contributed by atoms with Crippen molar-refractivity contribution in [2.24, 2.45) is 0 Å². The third-order valence-electron chi connectivity index (χ3n) is 3.36. The molecular weight excluding hydrogens is 320 g/mol. The van der Waals surface area contributed by atoms with Crippen LogP contribution in [0.2, 0.25) is 0 Å². The molecule has 0 bridgehead atoms. The van der Waals surface area contributed by atoms with Gasteiger partial charge in [0.25, 0.3) is 0 Å². The van der Waals surface area contributed by atoms with Crippen molar-refractivity contribution in [3.63, 3.8) is 0 Å². The number of benzene rings is 2. The second-order valence-corrected chi connectivity index (χ2v) is 5.22. The molecule has 0 fully saturated rings. The molecule has 2 aromatic rings. The standard InChI is InChI=1S/C19H18N2O4/c1-24-13-14-5-4-7-15(11-14)19(23)25-10-9-18(22)21-17-8-3-2-6-16(17)12-20/h2-8,11H,9-10,13H2,1H3,(H,21,22). The molecule has 0 saturated heterocycles. The molecule has 25 heavy (non-hydrogen) atoms. The first-order valence-corrected chi connectivity index (χ1v) is 7.68. The van der Waals surface area contributed by atoms with Crippen molar-refractivity contribution >= 4 is 17.6 Å². The highest BCUT2D eigenvalue weighted by atomic mass is 16.5. The first kappa shape index (κ1) is 18.2. The van der Waals surface area contributed by atoms with Crippen LogP contribution >= 0.6 is 0 Å². The van der Waals surface area contributed by atoms with Gasteiger partial charge >= 0.3 is 5.97 Å². The van der Waals surface area contributed by atoms with Crippen LogP contribution < -0.4 is 5.32 Å². The second-order valence-electron chi connectivity index (χ2n) is 5.22. The van der Waals surface area contributed by atoms with E-state index < -0.39 is 5.97 Å². The topological polar surface area (TPSA) is 88.4 Å². The average molecular weight is 338 g/mol. The predicted octanol–water partition coefficient (Wildman–Crippen LogP) is 2.89. The number of hydrogen-bond donors (Lipinski definition) is 1. The molecule has 0 aliphatic carbocycles. The Labute approximate surface area is 146 Å².